The Hall–Kier alpha value is -3.05. The summed E-state index contributed by atoms with van der Waals surface area (Å²) in [6.07, 6.45) is 1.59. The minimum Gasteiger partial charge on any atom is -0.496 e. The summed E-state index contributed by atoms with van der Waals surface area (Å²) in [5.41, 5.74) is 2.76. The van der Waals surface area contributed by atoms with Gasteiger partial charge in [0.1, 0.15) is 11.4 Å². The number of halogens is 1. The van der Waals surface area contributed by atoms with Crippen LogP contribution in [-0.4, -0.2) is 18.0 Å². The number of anilines is 2. The third-order valence-electron chi connectivity index (χ3n) is 3.75. The molecule has 0 aliphatic carbocycles. The second-order valence-corrected chi connectivity index (χ2v) is 6.00. The molecule has 0 fully saturated rings. The number of hydrogen-bond acceptors (Lipinski definition) is 4. The number of carbonyl (C=O) groups is 1. The lowest BCUT2D eigenvalue weighted by Crippen LogP contribution is -2.14. The van der Waals surface area contributed by atoms with Gasteiger partial charge in [0.2, 0.25) is 0 Å². The van der Waals surface area contributed by atoms with Crippen LogP contribution in [0.25, 0.3) is 0 Å². The summed E-state index contributed by atoms with van der Waals surface area (Å²) in [7, 11) is 1.64. The van der Waals surface area contributed by atoms with E-state index in [4.69, 9.17) is 16.3 Å². The van der Waals surface area contributed by atoms with Crippen LogP contribution < -0.4 is 15.4 Å². The first kappa shape index (κ1) is 17.8. The van der Waals surface area contributed by atoms with Crippen molar-refractivity contribution in [1.29, 1.82) is 0 Å². The highest BCUT2D eigenvalue weighted by Crippen LogP contribution is 2.20. The number of hydrogen-bond donors (Lipinski definition) is 2. The van der Waals surface area contributed by atoms with Gasteiger partial charge in [-0.2, -0.15) is 0 Å². The normalized spacial score (nSPS) is 10.2. The van der Waals surface area contributed by atoms with Crippen molar-refractivity contribution < 1.29 is 9.53 Å². The van der Waals surface area contributed by atoms with Gasteiger partial charge < -0.3 is 15.4 Å². The quantitative estimate of drug-likeness (QED) is 0.668. The molecule has 3 rings (SSSR count). The van der Waals surface area contributed by atoms with Crippen molar-refractivity contribution in [3.05, 3.63) is 83.1 Å². The Morgan fingerprint density at radius 1 is 1.08 bits per heavy atom. The zero-order valence-electron chi connectivity index (χ0n) is 14.2. The number of methoxy groups -OCH3 is 1. The summed E-state index contributed by atoms with van der Waals surface area (Å²) in [6, 6.07) is 18.3. The maximum atomic E-state index is 12.4. The van der Waals surface area contributed by atoms with Gasteiger partial charge in [-0.1, -0.05) is 35.9 Å². The van der Waals surface area contributed by atoms with Crippen LogP contribution in [0.15, 0.2) is 66.9 Å². The molecule has 0 aliphatic heterocycles. The van der Waals surface area contributed by atoms with E-state index in [-0.39, 0.29) is 5.91 Å². The molecule has 3 aromatic rings. The standard InChI is InChI=1S/C20H18ClN3O2/c1-26-19-8-3-2-5-14(19)13-23-16-9-10-22-18(12-16)20(25)24-17-7-4-6-15(21)11-17/h2-12H,13H2,1H3,(H,22,23)(H,24,25). The zero-order chi connectivity index (χ0) is 18.4. The first-order chi connectivity index (χ1) is 12.7. The summed E-state index contributed by atoms with van der Waals surface area (Å²) in [5, 5.41) is 6.63. The highest BCUT2D eigenvalue weighted by molar-refractivity contribution is 6.30. The molecule has 0 aliphatic rings. The highest BCUT2D eigenvalue weighted by atomic mass is 35.5. The Morgan fingerprint density at radius 3 is 2.73 bits per heavy atom. The monoisotopic (exact) mass is 367 g/mol. The summed E-state index contributed by atoms with van der Waals surface area (Å²) in [4.78, 5) is 16.5. The minimum absolute atomic E-state index is 0.298. The second-order valence-electron chi connectivity index (χ2n) is 5.56. The average Bonchev–Trinajstić information content (AvgIpc) is 2.67. The molecule has 2 aromatic carbocycles. The number of nitrogens with zero attached hydrogens (tertiary/aromatic N) is 1. The summed E-state index contributed by atoms with van der Waals surface area (Å²) >= 11 is 5.94. The fourth-order valence-electron chi connectivity index (χ4n) is 2.47. The van der Waals surface area contributed by atoms with Crippen molar-refractivity contribution >= 4 is 28.9 Å². The van der Waals surface area contributed by atoms with Gasteiger partial charge in [-0.25, -0.2) is 0 Å². The van der Waals surface area contributed by atoms with Crippen molar-refractivity contribution in [2.45, 2.75) is 6.54 Å². The van der Waals surface area contributed by atoms with E-state index in [9.17, 15) is 4.79 Å². The van der Waals surface area contributed by atoms with E-state index in [0.717, 1.165) is 17.0 Å². The van der Waals surface area contributed by atoms with E-state index in [1.165, 1.54) is 0 Å². The zero-order valence-corrected chi connectivity index (χ0v) is 15.0. The number of carbonyl (C=O) groups excluding carboxylic acids is 1. The molecule has 1 amide bonds. The van der Waals surface area contributed by atoms with Crippen LogP contribution in [0.1, 0.15) is 16.1 Å². The lowest BCUT2D eigenvalue weighted by molar-refractivity contribution is 0.102. The third kappa shape index (κ3) is 4.52. The molecule has 5 nitrogen and oxygen atoms in total. The predicted octanol–water partition coefficient (Wildman–Crippen LogP) is 4.61. The smallest absolute Gasteiger partial charge is 0.274 e. The maximum absolute atomic E-state index is 12.4. The first-order valence-electron chi connectivity index (χ1n) is 8.04. The lowest BCUT2D eigenvalue weighted by Gasteiger charge is -2.11. The molecule has 0 bridgehead atoms. The first-order valence-corrected chi connectivity index (χ1v) is 8.42. The van der Waals surface area contributed by atoms with Crippen LogP contribution in [-0.2, 0) is 6.54 Å². The number of rotatable bonds is 6. The van der Waals surface area contributed by atoms with Gasteiger partial charge >= 0.3 is 0 Å². The minimum atomic E-state index is -0.298. The van der Waals surface area contributed by atoms with Crippen molar-refractivity contribution in [2.24, 2.45) is 0 Å². The van der Waals surface area contributed by atoms with Crippen molar-refractivity contribution in [1.82, 2.24) is 4.98 Å². The highest BCUT2D eigenvalue weighted by Gasteiger charge is 2.09. The lowest BCUT2D eigenvalue weighted by atomic mass is 10.2. The molecular weight excluding hydrogens is 350 g/mol. The molecule has 6 heteroatoms. The largest absolute Gasteiger partial charge is 0.496 e. The molecule has 1 heterocycles. The van der Waals surface area contributed by atoms with Crippen LogP contribution in [0.4, 0.5) is 11.4 Å². The SMILES string of the molecule is COc1ccccc1CNc1ccnc(C(=O)Nc2cccc(Cl)c2)c1. The Morgan fingerprint density at radius 2 is 1.92 bits per heavy atom. The number of aromatic nitrogens is 1. The Labute approximate surface area is 157 Å². The van der Waals surface area contributed by atoms with Gasteiger partial charge in [0.05, 0.1) is 7.11 Å². The topological polar surface area (TPSA) is 63.2 Å². The molecule has 0 atom stereocenters. The molecule has 0 unspecified atom stereocenters. The van der Waals surface area contributed by atoms with E-state index >= 15 is 0 Å². The fraction of sp³-hybridized carbons (Fsp3) is 0.100. The predicted molar refractivity (Wildman–Crippen MR) is 104 cm³/mol. The molecular formula is C20H18ClN3O2. The Bertz CT molecular complexity index is 915. The van der Waals surface area contributed by atoms with Crippen LogP contribution in [0, 0.1) is 0 Å². The summed E-state index contributed by atoms with van der Waals surface area (Å²) < 4.78 is 5.34. The van der Waals surface area contributed by atoms with Crippen LogP contribution in [0.3, 0.4) is 0 Å². The number of pyridine rings is 1. The molecule has 1 aromatic heterocycles. The number of amides is 1. The number of benzene rings is 2. The summed E-state index contributed by atoms with van der Waals surface area (Å²) in [5.74, 6) is 0.515. The van der Waals surface area contributed by atoms with Crippen LogP contribution >= 0.6 is 11.6 Å². The van der Waals surface area contributed by atoms with Gasteiger partial charge in [0.15, 0.2) is 0 Å². The summed E-state index contributed by atoms with van der Waals surface area (Å²) in [6.45, 7) is 0.573. The van der Waals surface area contributed by atoms with Gasteiger partial charge in [-0.15, -0.1) is 0 Å². The Balaban J connectivity index is 1.68. The molecule has 132 valence electrons. The second kappa shape index (κ2) is 8.36. The molecule has 0 spiro atoms. The number of para-hydroxylation sites is 1. The van der Waals surface area contributed by atoms with E-state index in [2.05, 4.69) is 15.6 Å². The van der Waals surface area contributed by atoms with E-state index in [1.807, 2.05) is 30.3 Å². The van der Waals surface area contributed by atoms with E-state index < -0.39 is 0 Å². The van der Waals surface area contributed by atoms with E-state index in [0.29, 0.717) is 22.9 Å². The van der Waals surface area contributed by atoms with Gasteiger partial charge in [0.25, 0.3) is 5.91 Å². The third-order valence-corrected chi connectivity index (χ3v) is 3.99. The molecule has 0 saturated carbocycles. The van der Waals surface area contributed by atoms with Gasteiger partial charge in [-0.3, -0.25) is 9.78 Å². The van der Waals surface area contributed by atoms with Crippen molar-refractivity contribution in [2.75, 3.05) is 17.7 Å². The van der Waals surface area contributed by atoms with Crippen LogP contribution in [0.5, 0.6) is 5.75 Å². The molecule has 0 saturated heterocycles. The van der Waals surface area contributed by atoms with Crippen molar-refractivity contribution in [3.8, 4) is 5.75 Å². The number of ether oxygens (including phenoxy) is 1. The average molecular weight is 368 g/mol. The fourth-order valence-corrected chi connectivity index (χ4v) is 2.66. The molecule has 0 radical (unpaired) electrons. The number of nitrogens with one attached hydrogen (secondary N) is 2. The Kier molecular flexibility index (Phi) is 5.71. The van der Waals surface area contributed by atoms with Crippen molar-refractivity contribution in [3.63, 3.8) is 0 Å². The van der Waals surface area contributed by atoms with Gasteiger partial charge in [-0.05, 0) is 36.4 Å². The van der Waals surface area contributed by atoms with Gasteiger partial charge in [0, 0.05) is 34.7 Å². The maximum Gasteiger partial charge on any atom is 0.274 e. The molecule has 26 heavy (non-hydrogen) atoms. The van der Waals surface area contributed by atoms with E-state index in [1.54, 1.807) is 43.6 Å². The molecule has 2 N–H and O–H groups in total. The van der Waals surface area contributed by atoms with Crippen LogP contribution in [0.2, 0.25) is 5.02 Å².